The Bertz CT molecular complexity index is 377. The third-order valence-corrected chi connectivity index (χ3v) is 2.92. The van der Waals surface area contributed by atoms with Gasteiger partial charge in [-0.1, -0.05) is 30.3 Å². The molecule has 0 aliphatic carbocycles. The number of methoxy groups -OCH3 is 1. The molecule has 0 radical (unpaired) electrons. The molecule has 0 spiro atoms. The van der Waals surface area contributed by atoms with Crippen LogP contribution in [0.4, 0.5) is 13.2 Å². The second-order valence-corrected chi connectivity index (χ2v) is 4.00. The van der Waals surface area contributed by atoms with Gasteiger partial charge in [-0.3, -0.25) is 0 Å². The van der Waals surface area contributed by atoms with Crippen molar-refractivity contribution >= 4 is 0 Å². The van der Waals surface area contributed by atoms with Crippen LogP contribution in [0.15, 0.2) is 30.3 Å². The first-order valence-electron chi connectivity index (χ1n) is 5.33. The van der Waals surface area contributed by atoms with Gasteiger partial charge in [0.15, 0.2) is 0 Å². The molecule has 2 rings (SSSR count). The van der Waals surface area contributed by atoms with Crippen molar-refractivity contribution in [3.8, 4) is 0 Å². The van der Waals surface area contributed by atoms with E-state index in [0.29, 0.717) is 12.8 Å². The van der Waals surface area contributed by atoms with Crippen LogP contribution in [0.5, 0.6) is 0 Å². The third-order valence-electron chi connectivity index (χ3n) is 2.92. The number of hydrogen-bond donors (Lipinski definition) is 0. The van der Waals surface area contributed by atoms with Gasteiger partial charge in [-0.05, 0) is 18.4 Å². The Morgan fingerprint density at radius 3 is 2.41 bits per heavy atom. The Hall–Kier alpha value is -1.07. The summed E-state index contributed by atoms with van der Waals surface area (Å²) in [4.78, 5) is 0. The number of benzene rings is 1. The Kier molecular flexibility index (Phi) is 3.14. The lowest BCUT2D eigenvalue weighted by Gasteiger charge is -2.14. The first-order valence-corrected chi connectivity index (χ1v) is 5.33. The molecule has 0 saturated carbocycles. The maximum atomic E-state index is 12.6. The summed E-state index contributed by atoms with van der Waals surface area (Å²) in [5.74, 6) is -2.37. The van der Waals surface area contributed by atoms with Crippen LogP contribution in [0.2, 0.25) is 0 Å². The number of epoxide rings is 1. The van der Waals surface area contributed by atoms with Gasteiger partial charge in [0.05, 0.1) is 0 Å². The quantitative estimate of drug-likeness (QED) is 0.762. The van der Waals surface area contributed by atoms with Gasteiger partial charge in [-0.15, -0.1) is 0 Å². The zero-order valence-corrected chi connectivity index (χ0v) is 9.33. The van der Waals surface area contributed by atoms with E-state index in [9.17, 15) is 13.2 Å². The van der Waals surface area contributed by atoms with Crippen molar-refractivity contribution in [2.75, 3.05) is 7.11 Å². The lowest BCUT2D eigenvalue weighted by molar-refractivity contribution is -0.263. The molecule has 0 N–H and O–H groups in total. The first kappa shape index (κ1) is 12.4. The average molecular weight is 246 g/mol. The van der Waals surface area contributed by atoms with E-state index in [1.165, 1.54) is 0 Å². The van der Waals surface area contributed by atoms with E-state index in [-0.39, 0.29) is 0 Å². The second kappa shape index (κ2) is 4.31. The fraction of sp³-hybridized carbons (Fsp3) is 0.500. The highest BCUT2D eigenvalue weighted by Gasteiger charge is 2.74. The highest BCUT2D eigenvalue weighted by Crippen LogP contribution is 2.51. The largest absolute Gasteiger partial charge is 0.446 e. The molecule has 1 aliphatic heterocycles. The molecule has 2 unspecified atom stereocenters. The van der Waals surface area contributed by atoms with Crippen LogP contribution in [0.1, 0.15) is 12.0 Å². The van der Waals surface area contributed by atoms with E-state index >= 15 is 0 Å². The SMILES string of the molecule is COC1(C(F)(F)F)OC1CCc1ccccc1. The smallest absolute Gasteiger partial charge is 0.344 e. The first-order chi connectivity index (χ1) is 7.99. The molecule has 94 valence electrons. The average Bonchev–Trinajstić information content (AvgIpc) is 3.02. The van der Waals surface area contributed by atoms with Gasteiger partial charge in [0, 0.05) is 7.11 Å². The van der Waals surface area contributed by atoms with Crippen LogP contribution in [0, 0.1) is 0 Å². The van der Waals surface area contributed by atoms with Crippen LogP contribution in [-0.4, -0.2) is 25.2 Å². The van der Waals surface area contributed by atoms with Crippen molar-refractivity contribution in [3.63, 3.8) is 0 Å². The minimum atomic E-state index is -4.47. The number of ether oxygens (including phenoxy) is 2. The fourth-order valence-corrected chi connectivity index (χ4v) is 1.91. The van der Waals surface area contributed by atoms with Crippen LogP contribution in [-0.2, 0) is 15.9 Å². The molecule has 2 atom stereocenters. The molecular formula is C12H13F3O2. The molecule has 17 heavy (non-hydrogen) atoms. The summed E-state index contributed by atoms with van der Waals surface area (Å²) in [5.41, 5.74) is 0.996. The highest BCUT2D eigenvalue weighted by molar-refractivity contribution is 5.15. The Labute approximate surface area is 97.3 Å². The third kappa shape index (κ3) is 2.30. The minimum Gasteiger partial charge on any atom is -0.344 e. The Morgan fingerprint density at radius 1 is 1.29 bits per heavy atom. The molecule has 1 saturated heterocycles. The van der Waals surface area contributed by atoms with Crippen LogP contribution >= 0.6 is 0 Å². The molecule has 0 aromatic heterocycles. The molecule has 5 heteroatoms. The van der Waals surface area contributed by atoms with Gasteiger partial charge < -0.3 is 9.47 Å². The van der Waals surface area contributed by atoms with Crippen LogP contribution < -0.4 is 0 Å². The van der Waals surface area contributed by atoms with Crippen molar-refractivity contribution in [1.29, 1.82) is 0 Å². The Morgan fingerprint density at radius 2 is 1.94 bits per heavy atom. The van der Waals surface area contributed by atoms with Crippen molar-refractivity contribution in [2.24, 2.45) is 0 Å². The van der Waals surface area contributed by atoms with Gasteiger partial charge in [-0.25, -0.2) is 0 Å². The zero-order valence-electron chi connectivity index (χ0n) is 9.33. The lowest BCUT2D eigenvalue weighted by atomic mass is 10.1. The molecule has 1 aliphatic rings. The van der Waals surface area contributed by atoms with E-state index in [1.807, 2.05) is 30.3 Å². The van der Waals surface area contributed by atoms with E-state index in [4.69, 9.17) is 4.74 Å². The van der Waals surface area contributed by atoms with Gasteiger partial charge in [0.25, 0.3) is 5.79 Å². The van der Waals surface area contributed by atoms with Gasteiger partial charge in [0.2, 0.25) is 0 Å². The maximum Gasteiger partial charge on any atom is 0.446 e. The summed E-state index contributed by atoms with van der Waals surface area (Å²) >= 11 is 0. The maximum absolute atomic E-state index is 12.6. The van der Waals surface area contributed by atoms with Gasteiger partial charge in [-0.2, -0.15) is 13.2 Å². The number of rotatable bonds is 4. The van der Waals surface area contributed by atoms with Gasteiger partial charge >= 0.3 is 6.18 Å². The summed E-state index contributed by atoms with van der Waals surface area (Å²) in [7, 11) is 1.02. The molecule has 0 bridgehead atoms. The summed E-state index contributed by atoms with van der Waals surface area (Å²) in [6, 6.07) is 9.34. The molecule has 1 aromatic carbocycles. The predicted octanol–water partition coefficient (Wildman–Crippen LogP) is 2.92. The lowest BCUT2D eigenvalue weighted by Crippen LogP contribution is -2.37. The topological polar surface area (TPSA) is 21.8 Å². The van der Waals surface area contributed by atoms with E-state index < -0.39 is 18.1 Å². The molecule has 0 amide bonds. The van der Waals surface area contributed by atoms with E-state index in [0.717, 1.165) is 12.7 Å². The monoisotopic (exact) mass is 246 g/mol. The van der Waals surface area contributed by atoms with Crippen molar-refractivity contribution in [3.05, 3.63) is 35.9 Å². The number of hydrogen-bond acceptors (Lipinski definition) is 2. The molecule has 2 nitrogen and oxygen atoms in total. The highest BCUT2D eigenvalue weighted by atomic mass is 19.4. The standard InChI is InChI=1S/C12H13F3O2/c1-16-11(12(13,14)15)10(17-11)8-7-9-5-3-2-4-6-9/h2-6,10H,7-8H2,1H3. The van der Waals surface area contributed by atoms with E-state index in [2.05, 4.69) is 4.74 Å². The van der Waals surface area contributed by atoms with Gasteiger partial charge in [0.1, 0.15) is 6.10 Å². The minimum absolute atomic E-state index is 0.303. The number of aryl methyl sites for hydroxylation is 1. The molecular weight excluding hydrogens is 233 g/mol. The van der Waals surface area contributed by atoms with E-state index in [1.54, 1.807) is 0 Å². The van der Waals surface area contributed by atoms with Crippen LogP contribution in [0.3, 0.4) is 0 Å². The summed E-state index contributed by atoms with van der Waals surface area (Å²) in [5, 5.41) is 0. The van der Waals surface area contributed by atoms with Crippen LogP contribution in [0.25, 0.3) is 0 Å². The molecule has 1 fully saturated rings. The molecule has 1 aromatic rings. The number of alkyl halides is 3. The summed E-state index contributed by atoms with van der Waals surface area (Å²) < 4.78 is 47.0. The second-order valence-electron chi connectivity index (χ2n) is 4.00. The summed E-state index contributed by atoms with van der Waals surface area (Å²) in [6.45, 7) is 0. The number of halogens is 3. The van der Waals surface area contributed by atoms with Crippen molar-refractivity contribution in [2.45, 2.75) is 30.9 Å². The van der Waals surface area contributed by atoms with Crippen molar-refractivity contribution in [1.82, 2.24) is 0 Å². The normalized spacial score (nSPS) is 28.1. The molecule has 1 heterocycles. The van der Waals surface area contributed by atoms with Crippen molar-refractivity contribution < 1.29 is 22.6 Å². The summed E-state index contributed by atoms with van der Waals surface area (Å²) in [6.07, 6.45) is -4.51. The predicted molar refractivity (Wildman–Crippen MR) is 55.4 cm³/mol. The Balaban J connectivity index is 1.91. The zero-order chi connectivity index (χ0) is 12.5. The fourth-order valence-electron chi connectivity index (χ4n) is 1.91.